The van der Waals surface area contributed by atoms with Gasteiger partial charge in [0.15, 0.2) is 9.84 Å². The fraction of sp³-hybridized carbons (Fsp3) is 0.875. The quantitative estimate of drug-likeness (QED) is 0.745. The Hall–Kier alpha value is -0.580. The zero-order valence-corrected chi connectivity index (χ0v) is 9.02. The van der Waals surface area contributed by atoms with Gasteiger partial charge >= 0.3 is 5.97 Å². The molecule has 0 radical (unpaired) electrons. The molecule has 0 spiro atoms. The molecule has 0 aliphatic rings. The first-order valence-electron chi connectivity index (χ1n) is 4.05. The Morgan fingerprint density at radius 2 is 1.77 bits per heavy atom. The lowest BCUT2D eigenvalue weighted by Gasteiger charge is -2.17. The third-order valence-corrected chi connectivity index (χ3v) is 3.02. The van der Waals surface area contributed by atoms with Gasteiger partial charge in [0.1, 0.15) is 5.75 Å². The molecule has 1 N–H and O–H groups in total. The number of hydrogen-bond acceptors (Lipinski definition) is 3. The van der Waals surface area contributed by atoms with Crippen LogP contribution in [-0.2, 0) is 14.6 Å². The molecular formula is C8H16O4S. The van der Waals surface area contributed by atoms with E-state index in [0.29, 0.717) is 6.42 Å². The van der Waals surface area contributed by atoms with Crippen LogP contribution in [0.25, 0.3) is 0 Å². The molecule has 0 unspecified atom stereocenters. The van der Waals surface area contributed by atoms with Crippen molar-refractivity contribution in [3.05, 3.63) is 0 Å². The van der Waals surface area contributed by atoms with Gasteiger partial charge < -0.3 is 5.11 Å². The molecule has 0 aromatic carbocycles. The summed E-state index contributed by atoms with van der Waals surface area (Å²) in [5.41, 5.74) is -0.0778. The Balaban J connectivity index is 4.13. The average Bonchev–Trinajstić information content (AvgIpc) is 1.79. The van der Waals surface area contributed by atoms with Crippen molar-refractivity contribution in [3.8, 4) is 0 Å². The number of hydrogen-bond donors (Lipinski definition) is 1. The van der Waals surface area contributed by atoms with Gasteiger partial charge in [0.2, 0.25) is 0 Å². The second-order valence-electron chi connectivity index (χ2n) is 4.30. The Kier molecular flexibility index (Phi) is 3.90. The zero-order valence-electron chi connectivity index (χ0n) is 8.20. The highest BCUT2D eigenvalue weighted by Crippen LogP contribution is 2.19. The molecule has 0 saturated carbocycles. The summed E-state index contributed by atoms with van der Waals surface area (Å²) >= 11 is 0. The second-order valence-corrected chi connectivity index (χ2v) is 6.48. The summed E-state index contributed by atoms with van der Waals surface area (Å²) in [5.74, 6) is -2.10. The van der Waals surface area contributed by atoms with Crippen molar-refractivity contribution in [2.45, 2.75) is 27.2 Å². The van der Waals surface area contributed by atoms with Crippen molar-refractivity contribution in [3.63, 3.8) is 0 Å². The summed E-state index contributed by atoms with van der Waals surface area (Å²) < 4.78 is 22.2. The van der Waals surface area contributed by atoms with Crippen LogP contribution in [-0.4, -0.2) is 31.0 Å². The van der Waals surface area contributed by atoms with Crippen LogP contribution in [0.1, 0.15) is 27.2 Å². The maximum Gasteiger partial charge on any atom is 0.318 e. The van der Waals surface area contributed by atoms with Crippen LogP contribution in [0.5, 0.6) is 0 Å². The molecule has 0 aromatic heterocycles. The summed E-state index contributed by atoms with van der Waals surface area (Å²) in [5, 5.41) is 8.30. The van der Waals surface area contributed by atoms with Gasteiger partial charge in [-0.1, -0.05) is 20.8 Å². The minimum Gasteiger partial charge on any atom is -0.480 e. The number of sulfone groups is 1. The summed E-state index contributed by atoms with van der Waals surface area (Å²) in [7, 11) is -3.41. The summed E-state index contributed by atoms with van der Waals surface area (Å²) in [6.07, 6.45) is 0.489. The normalized spacial score (nSPS) is 12.8. The molecule has 0 aliphatic heterocycles. The van der Waals surface area contributed by atoms with Crippen molar-refractivity contribution in [2.24, 2.45) is 5.41 Å². The minimum atomic E-state index is -3.41. The van der Waals surface area contributed by atoms with E-state index < -0.39 is 21.6 Å². The third kappa shape index (κ3) is 7.77. The van der Waals surface area contributed by atoms with Gasteiger partial charge in [-0.25, -0.2) is 8.42 Å². The Morgan fingerprint density at radius 3 is 2.08 bits per heavy atom. The maximum absolute atomic E-state index is 11.1. The monoisotopic (exact) mass is 208 g/mol. The lowest BCUT2D eigenvalue weighted by molar-refractivity contribution is -0.134. The van der Waals surface area contributed by atoms with Crippen LogP contribution in [0.4, 0.5) is 0 Å². The number of carbonyl (C=O) groups is 1. The van der Waals surface area contributed by atoms with E-state index in [1.54, 1.807) is 0 Å². The Labute approximate surface area is 78.9 Å². The van der Waals surface area contributed by atoms with Crippen LogP contribution in [0.15, 0.2) is 0 Å². The Bertz CT molecular complexity index is 271. The number of aliphatic carboxylic acids is 1. The zero-order chi connectivity index (χ0) is 10.7. The molecule has 5 heteroatoms. The highest BCUT2D eigenvalue weighted by Gasteiger charge is 2.19. The van der Waals surface area contributed by atoms with Gasteiger partial charge in [-0.15, -0.1) is 0 Å². The predicted octanol–water partition coefficient (Wildman–Crippen LogP) is 0.922. The fourth-order valence-electron chi connectivity index (χ4n) is 0.722. The molecule has 0 bridgehead atoms. The summed E-state index contributed by atoms with van der Waals surface area (Å²) in [4.78, 5) is 10.2. The first-order chi connectivity index (χ1) is 5.62. The standard InChI is InChI=1S/C8H16O4S/c1-8(2,3)4-5-13(11,12)6-7(9)10/h4-6H2,1-3H3,(H,9,10). The molecule has 13 heavy (non-hydrogen) atoms. The molecule has 0 aromatic rings. The number of rotatable bonds is 4. The average molecular weight is 208 g/mol. The van der Waals surface area contributed by atoms with Crippen molar-refractivity contribution in [1.29, 1.82) is 0 Å². The molecule has 78 valence electrons. The van der Waals surface area contributed by atoms with Crippen LogP contribution in [0.2, 0.25) is 0 Å². The lowest BCUT2D eigenvalue weighted by atomic mass is 9.94. The van der Waals surface area contributed by atoms with Gasteiger partial charge in [0, 0.05) is 0 Å². The van der Waals surface area contributed by atoms with E-state index >= 15 is 0 Å². The highest BCUT2D eigenvalue weighted by molar-refractivity contribution is 7.92. The Morgan fingerprint density at radius 1 is 1.31 bits per heavy atom. The molecule has 0 saturated heterocycles. The maximum atomic E-state index is 11.1. The molecule has 0 rings (SSSR count). The molecule has 0 aliphatic carbocycles. The third-order valence-electron chi connectivity index (χ3n) is 1.51. The molecular weight excluding hydrogens is 192 g/mol. The predicted molar refractivity (Wildman–Crippen MR) is 50.4 cm³/mol. The van der Waals surface area contributed by atoms with E-state index in [-0.39, 0.29) is 11.2 Å². The van der Waals surface area contributed by atoms with Crippen LogP contribution >= 0.6 is 0 Å². The number of carboxylic acid groups (broad SMARTS) is 1. The van der Waals surface area contributed by atoms with Crippen molar-refractivity contribution >= 4 is 15.8 Å². The molecule has 0 atom stereocenters. The molecule has 0 fully saturated rings. The van der Waals surface area contributed by atoms with Crippen molar-refractivity contribution in [2.75, 3.05) is 11.5 Å². The number of carboxylic acids is 1. The SMILES string of the molecule is CC(C)(C)CCS(=O)(=O)CC(=O)O. The van der Waals surface area contributed by atoms with Gasteiger partial charge in [-0.2, -0.15) is 0 Å². The van der Waals surface area contributed by atoms with E-state index in [1.807, 2.05) is 20.8 Å². The van der Waals surface area contributed by atoms with E-state index in [4.69, 9.17) is 5.11 Å². The van der Waals surface area contributed by atoms with Crippen molar-refractivity contribution < 1.29 is 18.3 Å². The highest BCUT2D eigenvalue weighted by atomic mass is 32.2. The second kappa shape index (κ2) is 4.09. The van der Waals surface area contributed by atoms with Gasteiger partial charge in [-0.3, -0.25) is 4.79 Å². The molecule has 4 nitrogen and oxygen atoms in total. The van der Waals surface area contributed by atoms with Gasteiger partial charge in [0.25, 0.3) is 0 Å². The minimum absolute atomic E-state index is 0.0528. The van der Waals surface area contributed by atoms with Crippen molar-refractivity contribution in [1.82, 2.24) is 0 Å². The van der Waals surface area contributed by atoms with Crippen LogP contribution in [0, 0.1) is 5.41 Å². The smallest absolute Gasteiger partial charge is 0.318 e. The van der Waals surface area contributed by atoms with Gasteiger partial charge in [0.05, 0.1) is 5.75 Å². The summed E-state index contributed by atoms with van der Waals surface area (Å²) in [6, 6.07) is 0. The van der Waals surface area contributed by atoms with E-state index in [9.17, 15) is 13.2 Å². The van der Waals surface area contributed by atoms with Crippen LogP contribution in [0.3, 0.4) is 0 Å². The first-order valence-corrected chi connectivity index (χ1v) is 5.87. The van der Waals surface area contributed by atoms with Gasteiger partial charge in [-0.05, 0) is 11.8 Å². The topological polar surface area (TPSA) is 71.4 Å². The fourth-order valence-corrected chi connectivity index (χ4v) is 2.17. The van der Waals surface area contributed by atoms with E-state index in [2.05, 4.69) is 0 Å². The summed E-state index contributed by atoms with van der Waals surface area (Å²) in [6.45, 7) is 5.76. The first kappa shape index (κ1) is 12.4. The molecule has 0 heterocycles. The lowest BCUT2D eigenvalue weighted by Crippen LogP contribution is -2.21. The van der Waals surface area contributed by atoms with E-state index in [1.165, 1.54) is 0 Å². The molecule has 0 amide bonds. The van der Waals surface area contributed by atoms with Crippen LogP contribution < -0.4 is 0 Å². The van der Waals surface area contributed by atoms with E-state index in [0.717, 1.165) is 0 Å². The largest absolute Gasteiger partial charge is 0.480 e.